The van der Waals surface area contributed by atoms with E-state index in [0.717, 1.165) is 0 Å². The van der Waals surface area contributed by atoms with E-state index < -0.39 is 23.3 Å². The predicted molar refractivity (Wildman–Crippen MR) is 107 cm³/mol. The van der Waals surface area contributed by atoms with Gasteiger partial charge < -0.3 is 14.6 Å². The van der Waals surface area contributed by atoms with Gasteiger partial charge >= 0.3 is 5.97 Å². The van der Waals surface area contributed by atoms with Crippen LogP contribution >= 0.6 is 11.6 Å². The van der Waals surface area contributed by atoms with Crippen molar-refractivity contribution in [1.29, 1.82) is 0 Å². The van der Waals surface area contributed by atoms with Gasteiger partial charge in [0.15, 0.2) is 0 Å². The number of methoxy groups -OCH3 is 1. The Morgan fingerprint density at radius 1 is 1.10 bits per heavy atom. The van der Waals surface area contributed by atoms with Gasteiger partial charge in [-0.3, -0.25) is 9.59 Å². The SMILES string of the molecule is COC(=O)c1ccccc1NC(=O)c1ccc(=O)n(Cc2c(F)cccc2Cl)c1. The third kappa shape index (κ3) is 4.52. The molecule has 0 aliphatic carbocycles. The Bertz CT molecular complexity index is 1120. The van der Waals surface area contributed by atoms with Crippen LogP contribution in [0.1, 0.15) is 26.3 Å². The lowest BCUT2D eigenvalue weighted by atomic mass is 10.1. The van der Waals surface area contributed by atoms with Gasteiger partial charge in [0.1, 0.15) is 5.82 Å². The summed E-state index contributed by atoms with van der Waals surface area (Å²) in [5.74, 6) is -1.69. The highest BCUT2D eigenvalue weighted by Crippen LogP contribution is 2.20. The number of nitrogens with zero attached hydrogens (tertiary/aromatic N) is 1. The van der Waals surface area contributed by atoms with Crippen LogP contribution in [-0.2, 0) is 11.3 Å². The molecule has 1 aromatic heterocycles. The van der Waals surface area contributed by atoms with Crippen molar-refractivity contribution >= 4 is 29.2 Å². The van der Waals surface area contributed by atoms with Crippen LogP contribution in [0.4, 0.5) is 10.1 Å². The van der Waals surface area contributed by atoms with E-state index in [9.17, 15) is 18.8 Å². The number of nitrogens with one attached hydrogen (secondary N) is 1. The summed E-state index contributed by atoms with van der Waals surface area (Å²) in [5.41, 5.74) is 0.325. The molecule has 3 aromatic rings. The molecular formula is C21H16ClFN2O4. The zero-order valence-corrected chi connectivity index (χ0v) is 16.1. The Kier molecular flexibility index (Phi) is 6.09. The molecule has 0 saturated heterocycles. The van der Waals surface area contributed by atoms with Crippen molar-refractivity contribution in [3.8, 4) is 0 Å². The first-order chi connectivity index (χ1) is 13.9. The number of hydrogen-bond donors (Lipinski definition) is 1. The van der Waals surface area contributed by atoms with Crippen molar-refractivity contribution in [2.75, 3.05) is 12.4 Å². The van der Waals surface area contributed by atoms with Gasteiger partial charge in [-0.2, -0.15) is 0 Å². The molecule has 0 spiro atoms. The number of anilines is 1. The van der Waals surface area contributed by atoms with Crippen molar-refractivity contribution in [2.45, 2.75) is 6.54 Å². The first-order valence-corrected chi connectivity index (χ1v) is 8.90. The zero-order chi connectivity index (χ0) is 21.0. The average Bonchev–Trinajstić information content (AvgIpc) is 2.72. The standard InChI is InChI=1S/C21H16ClFN2O4/c1-29-21(28)14-5-2-3-8-18(14)24-20(27)13-9-10-19(26)25(11-13)12-15-16(22)6-4-7-17(15)23/h2-11H,12H2,1H3,(H,24,27). The van der Waals surface area contributed by atoms with E-state index in [0.29, 0.717) is 0 Å². The fourth-order valence-electron chi connectivity index (χ4n) is 2.72. The third-order valence-corrected chi connectivity index (χ3v) is 4.57. The highest BCUT2D eigenvalue weighted by Gasteiger charge is 2.16. The Balaban J connectivity index is 1.89. The number of benzene rings is 2. The van der Waals surface area contributed by atoms with Gasteiger partial charge in [-0.15, -0.1) is 0 Å². The summed E-state index contributed by atoms with van der Waals surface area (Å²) in [4.78, 5) is 36.7. The van der Waals surface area contributed by atoms with Crippen LogP contribution in [0.15, 0.2) is 65.6 Å². The first kappa shape index (κ1) is 20.3. The second kappa shape index (κ2) is 8.70. The van der Waals surface area contributed by atoms with Gasteiger partial charge in [0, 0.05) is 22.8 Å². The van der Waals surface area contributed by atoms with Crippen molar-refractivity contribution in [2.24, 2.45) is 0 Å². The van der Waals surface area contributed by atoms with E-state index in [2.05, 4.69) is 5.32 Å². The summed E-state index contributed by atoms with van der Waals surface area (Å²) in [6.45, 7) is -0.135. The summed E-state index contributed by atoms with van der Waals surface area (Å²) in [5, 5.41) is 2.80. The summed E-state index contributed by atoms with van der Waals surface area (Å²) >= 11 is 6.02. The molecule has 0 aliphatic heterocycles. The summed E-state index contributed by atoms with van der Waals surface area (Å²) in [6.07, 6.45) is 1.31. The fraction of sp³-hybridized carbons (Fsp3) is 0.0952. The largest absolute Gasteiger partial charge is 0.465 e. The minimum Gasteiger partial charge on any atom is -0.465 e. The molecule has 148 valence electrons. The van der Waals surface area contributed by atoms with Crippen molar-refractivity contribution in [1.82, 2.24) is 4.57 Å². The minimum atomic E-state index is -0.597. The van der Waals surface area contributed by atoms with E-state index >= 15 is 0 Å². The molecule has 0 radical (unpaired) electrons. The van der Waals surface area contributed by atoms with Crippen LogP contribution < -0.4 is 10.9 Å². The molecule has 1 amide bonds. The van der Waals surface area contributed by atoms with Gasteiger partial charge in [-0.25, -0.2) is 9.18 Å². The normalized spacial score (nSPS) is 10.4. The molecule has 0 bridgehead atoms. The zero-order valence-electron chi connectivity index (χ0n) is 15.3. The number of para-hydroxylation sites is 1. The van der Waals surface area contributed by atoms with Gasteiger partial charge in [0.25, 0.3) is 11.5 Å². The Labute approximate surface area is 170 Å². The van der Waals surface area contributed by atoms with Crippen molar-refractivity contribution in [3.05, 3.63) is 98.7 Å². The van der Waals surface area contributed by atoms with Gasteiger partial charge in [0.2, 0.25) is 0 Å². The maximum Gasteiger partial charge on any atom is 0.339 e. The number of carbonyl (C=O) groups excluding carboxylic acids is 2. The number of ether oxygens (including phenoxy) is 1. The Morgan fingerprint density at radius 3 is 2.59 bits per heavy atom. The van der Waals surface area contributed by atoms with Gasteiger partial charge in [-0.05, 0) is 30.3 Å². The number of hydrogen-bond acceptors (Lipinski definition) is 4. The van der Waals surface area contributed by atoms with Crippen LogP contribution in [0.2, 0.25) is 5.02 Å². The van der Waals surface area contributed by atoms with E-state index in [1.54, 1.807) is 18.2 Å². The van der Waals surface area contributed by atoms with E-state index in [-0.39, 0.29) is 33.9 Å². The molecule has 0 saturated carbocycles. The lowest BCUT2D eigenvalue weighted by Crippen LogP contribution is -2.23. The molecule has 0 unspecified atom stereocenters. The first-order valence-electron chi connectivity index (χ1n) is 8.53. The maximum absolute atomic E-state index is 14.0. The van der Waals surface area contributed by atoms with Gasteiger partial charge in [0.05, 0.1) is 30.5 Å². The molecule has 2 aromatic carbocycles. The predicted octanol–water partition coefficient (Wildman–Crippen LogP) is 3.73. The summed E-state index contributed by atoms with van der Waals surface area (Å²) < 4.78 is 19.9. The number of halogens is 2. The van der Waals surface area contributed by atoms with Crippen LogP contribution in [0, 0.1) is 5.82 Å². The highest BCUT2D eigenvalue weighted by atomic mass is 35.5. The van der Waals surface area contributed by atoms with Crippen LogP contribution in [0.5, 0.6) is 0 Å². The molecule has 8 heteroatoms. The molecule has 1 N–H and O–H groups in total. The number of carbonyl (C=O) groups is 2. The monoisotopic (exact) mass is 414 g/mol. The molecule has 1 heterocycles. The summed E-state index contributed by atoms with van der Waals surface area (Å²) in [7, 11) is 1.24. The number of esters is 1. The second-order valence-electron chi connectivity index (χ2n) is 6.08. The lowest BCUT2D eigenvalue weighted by Gasteiger charge is -2.12. The van der Waals surface area contributed by atoms with Crippen LogP contribution in [-0.4, -0.2) is 23.6 Å². The molecule has 6 nitrogen and oxygen atoms in total. The van der Waals surface area contributed by atoms with Crippen molar-refractivity contribution < 1.29 is 18.7 Å². The fourth-order valence-corrected chi connectivity index (χ4v) is 2.94. The van der Waals surface area contributed by atoms with Crippen LogP contribution in [0.25, 0.3) is 0 Å². The molecular weight excluding hydrogens is 399 g/mol. The third-order valence-electron chi connectivity index (χ3n) is 4.22. The molecule has 0 atom stereocenters. The number of rotatable bonds is 5. The number of pyridine rings is 1. The molecule has 0 fully saturated rings. The number of aromatic nitrogens is 1. The van der Waals surface area contributed by atoms with E-state index in [4.69, 9.17) is 16.3 Å². The average molecular weight is 415 g/mol. The quantitative estimate of drug-likeness (QED) is 0.645. The molecule has 29 heavy (non-hydrogen) atoms. The summed E-state index contributed by atoms with van der Waals surface area (Å²) in [6, 6.07) is 13.1. The maximum atomic E-state index is 14.0. The minimum absolute atomic E-state index is 0.135. The van der Waals surface area contributed by atoms with Crippen LogP contribution in [0.3, 0.4) is 0 Å². The Morgan fingerprint density at radius 2 is 1.86 bits per heavy atom. The van der Waals surface area contributed by atoms with E-state index in [1.807, 2.05) is 0 Å². The lowest BCUT2D eigenvalue weighted by molar-refractivity contribution is 0.0602. The second-order valence-corrected chi connectivity index (χ2v) is 6.48. The topological polar surface area (TPSA) is 77.4 Å². The van der Waals surface area contributed by atoms with Crippen molar-refractivity contribution in [3.63, 3.8) is 0 Å². The Hall–Kier alpha value is -3.45. The molecule has 3 rings (SSSR count). The van der Waals surface area contributed by atoms with E-state index in [1.165, 1.54) is 54.3 Å². The van der Waals surface area contributed by atoms with Gasteiger partial charge in [-0.1, -0.05) is 29.8 Å². The molecule has 0 aliphatic rings. The number of amides is 1. The highest BCUT2D eigenvalue weighted by molar-refractivity contribution is 6.31. The smallest absolute Gasteiger partial charge is 0.339 e.